The van der Waals surface area contributed by atoms with Crippen LogP contribution >= 0.6 is 0 Å². The number of H-pyrrole nitrogens is 1. The third kappa shape index (κ3) is 3.53. The lowest BCUT2D eigenvalue weighted by atomic mass is 9.93. The highest BCUT2D eigenvalue weighted by Gasteiger charge is 2.24. The number of hydrogen-bond donors (Lipinski definition) is 2. The lowest BCUT2D eigenvalue weighted by molar-refractivity contribution is -0.121. The van der Waals surface area contributed by atoms with Crippen LogP contribution in [0.3, 0.4) is 0 Å². The Morgan fingerprint density at radius 1 is 1.41 bits per heavy atom. The Hall–Kier alpha value is -3.22. The van der Waals surface area contributed by atoms with Gasteiger partial charge in [0.1, 0.15) is 11.6 Å². The molecule has 4 rings (SSSR count). The van der Waals surface area contributed by atoms with E-state index in [1.165, 1.54) is 0 Å². The maximum Gasteiger partial charge on any atom is 0.255 e. The van der Waals surface area contributed by atoms with Crippen LogP contribution in [0.5, 0.6) is 0 Å². The Labute approximate surface area is 155 Å². The second-order valence-electron chi connectivity index (χ2n) is 6.71. The number of furan rings is 1. The molecule has 0 radical (unpaired) electrons. The first kappa shape index (κ1) is 17.2. The van der Waals surface area contributed by atoms with Gasteiger partial charge >= 0.3 is 0 Å². The number of carbonyl (C=O) groups is 1. The molecule has 0 aliphatic heterocycles. The molecule has 7 nitrogen and oxygen atoms in total. The molecule has 2 N–H and O–H groups in total. The highest BCUT2D eigenvalue weighted by atomic mass is 16.3. The zero-order valence-corrected chi connectivity index (χ0v) is 15.0. The van der Waals surface area contributed by atoms with E-state index in [2.05, 4.69) is 20.3 Å². The molecule has 0 unspecified atom stereocenters. The SMILES string of the molecule is Cc1nc(-c2cccnc2)[nH]c(=O)c1CC(=O)N[C@@H]1CCCc2occc21. The molecule has 27 heavy (non-hydrogen) atoms. The average Bonchev–Trinajstić information content (AvgIpc) is 3.15. The van der Waals surface area contributed by atoms with E-state index < -0.39 is 0 Å². The smallest absolute Gasteiger partial charge is 0.255 e. The number of aryl methyl sites for hydroxylation is 2. The van der Waals surface area contributed by atoms with Crippen LogP contribution in [-0.4, -0.2) is 20.9 Å². The van der Waals surface area contributed by atoms with Gasteiger partial charge in [0.05, 0.1) is 18.7 Å². The largest absolute Gasteiger partial charge is 0.469 e. The molecule has 0 bridgehead atoms. The summed E-state index contributed by atoms with van der Waals surface area (Å²) in [5.74, 6) is 1.19. The first-order chi connectivity index (χ1) is 13.1. The summed E-state index contributed by atoms with van der Waals surface area (Å²) in [5, 5.41) is 3.02. The highest BCUT2D eigenvalue weighted by molar-refractivity contribution is 5.79. The van der Waals surface area contributed by atoms with E-state index in [1.807, 2.05) is 12.1 Å². The number of pyridine rings is 1. The highest BCUT2D eigenvalue weighted by Crippen LogP contribution is 2.30. The Kier molecular flexibility index (Phi) is 4.58. The number of rotatable bonds is 4. The van der Waals surface area contributed by atoms with Crippen molar-refractivity contribution >= 4 is 5.91 Å². The molecule has 0 fully saturated rings. The van der Waals surface area contributed by atoms with Crippen LogP contribution in [0.15, 0.2) is 46.1 Å². The maximum absolute atomic E-state index is 12.5. The third-order valence-corrected chi connectivity index (χ3v) is 4.88. The van der Waals surface area contributed by atoms with Gasteiger partial charge in [-0.2, -0.15) is 0 Å². The molecule has 1 aliphatic rings. The number of fused-ring (bicyclic) bond motifs is 1. The van der Waals surface area contributed by atoms with Crippen molar-refractivity contribution in [2.75, 3.05) is 0 Å². The van der Waals surface area contributed by atoms with Gasteiger partial charge in [-0.1, -0.05) is 0 Å². The summed E-state index contributed by atoms with van der Waals surface area (Å²) >= 11 is 0. The van der Waals surface area contributed by atoms with Gasteiger partial charge in [0.15, 0.2) is 0 Å². The van der Waals surface area contributed by atoms with Crippen LogP contribution in [0.25, 0.3) is 11.4 Å². The number of amides is 1. The van der Waals surface area contributed by atoms with Gasteiger partial charge in [0.25, 0.3) is 5.56 Å². The number of nitrogens with one attached hydrogen (secondary N) is 2. The molecule has 0 aromatic carbocycles. The summed E-state index contributed by atoms with van der Waals surface area (Å²) < 4.78 is 5.46. The molecule has 3 aromatic heterocycles. The quantitative estimate of drug-likeness (QED) is 0.741. The van der Waals surface area contributed by atoms with Gasteiger partial charge in [-0.15, -0.1) is 0 Å². The second kappa shape index (κ2) is 7.19. The zero-order valence-electron chi connectivity index (χ0n) is 15.0. The Bertz CT molecular complexity index is 1020. The van der Waals surface area contributed by atoms with Gasteiger partial charge in [-0.25, -0.2) is 4.98 Å². The number of nitrogens with zero attached hydrogens (tertiary/aromatic N) is 2. The van der Waals surface area contributed by atoms with Gasteiger partial charge in [-0.3, -0.25) is 14.6 Å². The number of aromatic amines is 1. The number of hydrogen-bond acceptors (Lipinski definition) is 5. The normalized spacial score (nSPS) is 16.0. The molecule has 0 saturated heterocycles. The molecule has 1 aliphatic carbocycles. The van der Waals surface area contributed by atoms with Crippen molar-refractivity contribution in [1.29, 1.82) is 0 Å². The minimum atomic E-state index is -0.302. The van der Waals surface area contributed by atoms with E-state index in [-0.39, 0.29) is 23.9 Å². The fourth-order valence-electron chi connectivity index (χ4n) is 3.50. The summed E-state index contributed by atoms with van der Waals surface area (Å²) in [6, 6.07) is 5.44. The van der Waals surface area contributed by atoms with E-state index >= 15 is 0 Å². The van der Waals surface area contributed by atoms with Crippen molar-refractivity contribution in [2.24, 2.45) is 0 Å². The van der Waals surface area contributed by atoms with Crippen LogP contribution in [0.1, 0.15) is 41.5 Å². The molecule has 3 heterocycles. The summed E-state index contributed by atoms with van der Waals surface area (Å²) in [7, 11) is 0. The van der Waals surface area contributed by atoms with Crippen molar-refractivity contribution in [3.8, 4) is 11.4 Å². The maximum atomic E-state index is 12.5. The number of carbonyl (C=O) groups excluding carboxylic acids is 1. The predicted octanol–water partition coefficient (Wildman–Crippen LogP) is 2.47. The van der Waals surface area contributed by atoms with Gasteiger partial charge in [0, 0.05) is 41.2 Å². The van der Waals surface area contributed by atoms with Gasteiger partial charge in [0.2, 0.25) is 5.91 Å². The van der Waals surface area contributed by atoms with E-state index in [1.54, 1.807) is 31.6 Å². The molecular weight excluding hydrogens is 344 g/mol. The molecule has 1 atom stereocenters. The van der Waals surface area contributed by atoms with Crippen LogP contribution < -0.4 is 10.9 Å². The van der Waals surface area contributed by atoms with Gasteiger partial charge < -0.3 is 14.7 Å². The van der Waals surface area contributed by atoms with Crippen LogP contribution in [0, 0.1) is 6.92 Å². The average molecular weight is 364 g/mol. The Morgan fingerprint density at radius 3 is 3.07 bits per heavy atom. The van der Waals surface area contributed by atoms with E-state index in [0.717, 1.165) is 36.1 Å². The summed E-state index contributed by atoms with van der Waals surface area (Å²) in [6.45, 7) is 1.74. The van der Waals surface area contributed by atoms with E-state index in [4.69, 9.17) is 4.42 Å². The van der Waals surface area contributed by atoms with Gasteiger partial charge in [-0.05, 0) is 38.0 Å². The number of aromatic nitrogens is 3. The lowest BCUT2D eigenvalue weighted by Gasteiger charge is -2.22. The summed E-state index contributed by atoms with van der Waals surface area (Å²) in [6.07, 6.45) is 7.67. The minimum absolute atomic E-state index is 0.00876. The second-order valence-corrected chi connectivity index (χ2v) is 6.71. The minimum Gasteiger partial charge on any atom is -0.469 e. The van der Waals surface area contributed by atoms with E-state index in [0.29, 0.717) is 17.1 Å². The van der Waals surface area contributed by atoms with Crippen LogP contribution in [-0.2, 0) is 17.6 Å². The first-order valence-electron chi connectivity index (χ1n) is 8.97. The molecule has 0 spiro atoms. The zero-order chi connectivity index (χ0) is 18.8. The fourth-order valence-corrected chi connectivity index (χ4v) is 3.50. The summed E-state index contributed by atoms with van der Waals surface area (Å²) in [4.78, 5) is 36.3. The molecule has 0 saturated carbocycles. The molecular formula is C20H20N4O3. The Morgan fingerprint density at radius 2 is 2.30 bits per heavy atom. The lowest BCUT2D eigenvalue weighted by Crippen LogP contribution is -2.33. The first-order valence-corrected chi connectivity index (χ1v) is 8.97. The van der Waals surface area contributed by atoms with E-state index in [9.17, 15) is 9.59 Å². The van der Waals surface area contributed by atoms with Crippen molar-refractivity contribution in [3.05, 3.63) is 69.8 Å². The van der Waals surface area contributed by atoms with Crippen molar-refractivity contribution in [1.82, 2.24) is 20.3 Å². The fraction of sp³-hybridized carbons (Fsp3) is 0.300. The van der Waals surface area contributed by atoms with Crippen LogP contribution in [0.4, 0.5) is 0 Å². The topological polar surface area (TPSA) is 101 Å². The Balaban J connectivity index is 1.52. The van der Waals surface area contributed by atoms with Crippen LogP contribution in [0.2, 0.25) is 0 Å². The molecule has 3 aromatic rings. The third-order valence-electron chi connectivity index (χ3n) is 4.88. The predicted molar refractivity (Wildman–Crippen MR) is 99.1 cm³/mol. The molecule has 7 heteroatoms. The summed E-state index contributed by atoms with van der Waals surface area (Å²) in [5.41, 5.74) is 2.38. The molecule has 1 amide bonds. The van der Waals surface area contributed by atoms with Crippen molar-refractivity contribution in [3.63, 3.8) is 0 Å². The van der Waals surface area contributed by atoms with Crippen molar-refractivity contribution in [2.45, 2.75) is 38.6 Å². The standard InChI is InChI=1S/C20H20N4O3/c1-12-15(20(26)24-19(22-12)13-4-3-8-21-11-13)10-18(25)23-16-5-2-6-17-14(16)7-9-27-17/h3-4,7-9,11,16H,2,5-6,10H2,1H3,(H,23,25)(H,22,24,26)/t16-/m1/s1. The van der Waals surface area contributed by atoms with Crippen molar-refractivity contribution < 1.29 is 9.21 Å². The monoisotopic (exact) mass is 364 g/mol. The molecule has 138 valence electrons.